The van der Waals surface area contributed by atoms with Crippen LogP contribution in [0.2, 0.25) is 0 Å². The summed E-state index contributed by atoms with van der Waals surface area (Å²) in [6, 6.07) is 9.58. The van der Waals surface area contributed by atoms with Gasteiger partial charge in [0.25, 0.3) is 0 Å². The van der Waals surface area contributed by atoms with Crippen LogP contribution in [0, 0.1) is 0 Å². The molecule has 1 saturated carbocycles. The predicted octanol–water partition coefficient (Wildman–Crippen LogP) is 3.94. The molecule has 0 bridgehead atoms. The smallest absolute Gasteiger partial charge is 0.0446 e. The van der Waals surface area contributed by atoms with Gasteiger partial charge in [-0.1, -0.05) is 44.0 Å². The minimum absolute atomic E-state index is 0.580. The van der Waals surface area contributed by atoms with Crippen LogP contribution in [-0.4, -0.2) is 17.0 Å². The van der Waals surface area contributed by atoms with Crippen LogP contribution in [0.1, 0.15) is 49.8 Å². The Bertz CT molecular complexity index is 398. The van der Waals surface area contributed by atoms with Crippen molar-refractivity contribution < 1.29 is 0 Å². The topological polar surface area (TPSA) is 12.0 Å². The predicted molar refractivity (Wildman–Crippen MR) is 80.2 cm³/mol. The molecular weight excluding hydrogens is 238 g/mol. The van der Waals surface area contributed by atoms with Crippen molar-refractivity contribution in [2.24, 2.45) is 0 Å². The summed E-state index contributed by atoms with van der Waals surface area (Å²) in [6.45, 7) is 3.29. The minimum atomic E-state index is 0.580. The van der Waals surface area contributed by atoms with Crippen LogP contribution < -0.4 is 5.32 Å². The van der Waals surface area contributed by atoms with E-state index in [0.29, 0.717) is 6.04 Å². The van der Waals surface area contributed by atoms with Crippen molar-refractivity contribution in [3.63, 3.8) is 0 Å². The molecule has 2 aliphatic rings. The Morgan fingerprint density at radius 3 is 2.78 bits per heavy atom. The summed E-state index contributed by atoms with van der Waals surface area (Å²) in [7, 11) is 0. The zero-order valence-corrected chi connectivity index (χ0v) is 12.0. The summed E-state index contributed by atoms with van der Waals surface area (Å²) >= 11 is 2.26. The first-order valence-corrected chi connectivity index (χ1v) is 8.29. The van der Waals surface area contributed by atoms with Gasteiger partial charge in [0, 0.05) is 16.5 Å². The average molecular weight is 261 g/mol. The maximum absolute atomic E-state index is 3.70. The molecule has 1 N–H and O–H groups in total. The molecule has 0 aromatic heterocycles. The Hall–Kier alpha value is -0.470. The van der Waals surface area contributed by atoms with Crippen LogP contribution in [0.25, 0.3) is 0 Å². The van der Waals surface area contributed by atoms with E-state index in [9.17, 15) is 0 Å². The van der Waals surface area contributed by atoms with Crippen molar-refractivity contribution in [2.45, 2.75) is 55.6 Å². The van der Waals surface area contributed by atoms with E-state index < -0.39 is 0 Å². The molecule has 0 amide bonds. The second kappa shape index (κ2) is 5.66. The number of fused-ring (bicyclic) bond motifs is 1. The van der Waals surface area contributed by atoms with E-state index in [1.807, 2.05) is 0 Å². The van der Waals surface area contributed by atoms with Gasteiger partial charge in [0.15, 0.2) is 0 Å². The quantitative estimate of drug-likeness (QED) is 0.881. The zero-order chi connectivity index (χ0) is 12.4. The second-order valence-electron chi connectivity index (χ2n) is 5.52. The molecule has 18 heavy (non-hydrogen) atoms. The first-order valence-electron chi connectivity index (χ1n) is 7.35. The Labute approximate surface area is 115 Å². The van der Waals surface area contributed by atoms with Crippen molar-refractivity contribution in [2.75, 3.05) is 6.54 Å². The number of rotatable bonds is 4. The summed E-state index contributed by atoms with van der Waals surface area (Å²) in [4.78, 5) is 0. The average Bonchev–Trinajstić information content (AvgIpc) is 3.00. The maximum atomic E-state index is 3.70. The highest BCUT2D eigenvalue weighted by atomic mass is 32.2. The van der Waals surface area contributed by atoms with Crippen LogP contribution in [-0.2, 0) is 6.42 Å². The largest absolute Gasteiger partial charge is 0.309 e. The third-order valence-electron chi connectivity index (χ3n) is 4.28. The van der Waals surface area contributed by atoms with Crippen LogP contribution in [0.5, 0.6) is 0 Å². The third-order valence-corrected chi connectivity index (χ3v) is 5.92. The fraction of sp³-hybridized carbons (Fsp3) is 0.625. The van der Waals surface area contributed by atoms with Gasteiger partial charge in [-0.2, -0.15) is 11.8 Å². The van der Waals surface area contributed by atoms with Gasteiger partial charge in [-0.25, -0.2) is 0 Å². The molecule has 98 valence electrons. The molecule has 2 unspecified atom stereocenters. The lowest BCUT2D eigenvalue weighted by atomic mass is 10.1. The van der Waals surface area contributed by atoms with Gasteiger partial charge in [0.05, 0.1) is 0 Å². The number of benzene rings is 1. The summed E-state index contributed by atoms with van der Waals surface area (Å²) < 4.78 is 0. The molecule has 0 saturated heterocycles. The van der Waals surface area contributed by atoms with Gasteiger partial charge < -0.3 is 5.32 Å². The third kappa shape index (κ3) is 2.46. The Kier molecular flexibility index (Phi) is 3.95. The second-order valence-corrected chi connectivity index (χ2v) is 7.06. The van der Waals surface area contributed by atoms with Crippen LogP contribution in [0.15, 0.2) is 24.3 Å². The van der Waals surface area contributed by atoms with E-state index in [2.05, 4.69) is 48.3 Å². The molecule has 0 radical (unpaired) electrons. The molecular formula is C16H23NS. The molecule has 0 spiro atoms. The monoisotopic (exact) mass is 261 g/mol. The fourth-order valence-electron chi connectivity index (χ4n) is 3.42. The summed E-state index contributed by atoms with van der Waals surface area (Å²) in [5.74, 6) is 0. The van der Waals surface area contributed by atoms with E-state index in [1.165, 1.54) is 32.1 Å². The van der Waals surface area contributed by atoms with E-state index in [4.69, 9.17) is 0 Å². The molecule has 1 nitrogen and oxygen atoms in total. The van der Waals surface area contributed by atoms with Gasteiger partial charge in [0.2, 0.25) is 0 Å². The zero-order valence-electron chi connectivity index (χ0n) is 11.2. The number of nitrogens with one attached hydrogen (secondary N) is 1. The molecule has 0 aliphatic heterocycles. The Balaban J connectivity index is 1.74. The highest BCUT2D eigenvalue weighted by Gasteiger charge is 2.34. The van der Waals surface area contributed by atoms with E-state index in [1.54, 1.807) is 11.1 Å². The first-order chi connectivity index (χ1) is 8.88. The lowest BCUT2D eigenvalue weighted by molar-refractivity contribution is 0.558. The number of hydrogen-bond donors (Lipinski definition) is 1. The fourth-order valence-corrected chi connectivity index (χ4v) is 5.19. The first kappa shape index (κ1) is 12.6. The molecule has 0 heterocycles. The highest BCUT2D eigenvalue weighted by molar-refractivity contribution is 8.00. The van der Waals surface area contributed by atoms with Gasteiger partial charge >= 0.3 is 0 Å². The van der Waals surface area contributed by atoms with Gasteiger partial charge in [-0.05, 0) is 36.9 Å². The number of hydrogen-bond acceptors (Lipinski definition) is 2. The molecule has 1 aromatic carbocycles. The van der Waals surface area contributed by atoms with E-state index >= 15 is 0 Å². The molecule has 1 aromatic rings. The summed E-state index contributed by atoms with van der Waals surface area (Å²) in [5.41, 5.74) is 3.12. The summed E-state index contributed by atoms with van der Waals surface area (Å²) in [6.07, 6.45) is 7.04. The van der Waals surface area contributed by atoms with Gasteiger partial charge in [-0.3, -0.25) is 0 Å². The normalized spacial score (nSPS) is 27.6. The molecule has 1 fully saturated rings. The van der Waals surface area contributed by atoms with Crippen molar-refractivity contribution in [1.82, 2.24) is 5.32 Å². The van der Waals surface area contributed by atoms with Crippen LogP contribution in [0.3, 0.4) is 0 Å². The minimum Gasteiger partial charge on any atom is -0.309 e. The van der Waals surface area contributed by atoms with Crippen molar-refractivity contribution in [3.05, 3.63) is 35.4 Å². The van der Waals surface area contributed by atoms with Gasteiger partial charge in [-0.15, -0.1) is 0 Å². The van der Waals surface area contributed by atoms with Gasteiger partial charge in [0.1, 0.15) is 0 Å². The lowest BCUT2D eigenvalue weighted by Crippen LogP contribution is -2.28. The molecule has 2 aliphatic carbocycles. The molecule has 2 atom stereocenters. The van der Waals surface area contributed by atoms with E-state index in [0.717, 1.165) is 17.0 Å². The lowest BCUT2D eigenvalue weighted by Gasteiger charge is -2.23. The van der Waals surface area contributed by atoms with Crippen LogP contribution in [0.4, 0.5) is 0 Å². The van der Waals surface area contributed by atoms with Crippen LogP contribution >= 0.6 is 11.8 Å². The molecule has 3 rings (SSSR count). The molecule has 2 heteroatoms. The Morgan fingerprint density at radius 1 is 1.22 bits per heavy atom. The number of thioether (sulfide) groups is 1. The highest BCUT2D eigenvalue weighted by Crippen LogP contribution is 2.43. The van der Waals surface area contributed by atoms with Crippen molar-refractivity contribution in [3.8, 4) is 0 Å². The Morgan fingerprint density at radius 2 is 2.00 bits per heavy atom. The summed E-state index contributed by atoms with van der Waals surface area (Å²) in [5, 5.41) is 5.38. The maximum Gasteiger partial charge on any atom is 0.0446 e. The van der Waals surface area contributed by atoms with E-state index in [-0.39, 0.29) is 0 Å². The van der Waals surface area contributed by atoms with Crippen molar-refractivity contribution in [1.29, 1.82) is 0 Å². The SMILES string of the molecule is CCNC1c2ccccc2CC1SC1CCCC1. The standard InChI is InChI=1S/C16H23NS/c1-2-17-16-14-10-6-3-7-12(14)11-15(16)18-13-8-4-5-9-13/h3,6-7,10,13,15-17H,2,4-5,8-9,11H2,1H3. The van der Waals surface area contributed by atoms with Crippen molar-refractivity contribution >= 4 is 11.8 Å².